The van der Waals surface area contributed by atoms with Gasteiger partial charge in [-0.3, -0.25) is 4.90 Å². The van der Waals surface area contributed by atoms with Crippen LogP contribution in [0.25, 0.3) is 0 Å². The summed E-state index contributed by atoms with van der Waals surface area (Å²) in [5.41, 5.74) is -0.199. The number of ether oxygens (including phenoxy) is 1. The molecular formula is C15H30N2O2. The predicted octanol–water partition coefficient (Wildman–Crippen LogP) is 1.38. The van der Waals surface area contributed by atoms with Crippen LogP contribution in [0.4, 0.5) is 0 Å². The summed E-state index contributed by atoms with van der Waals surface area (Å²) in [5.74, 6) is 0. The monoisotopic (exact) mass is 270 g/mol. The molecular weight excluding hydrogens is 240 g/mol. The number of rotatable bonds is 6. The molecule has 0 spiro atoms. The van der Waals surface area contributed by atoms with Gasteiger partial charge in [0.15, 0.2) is 0 Å². The van der Waals surface area contributed by atoms with Gasteiger partial charge in [0, 0.05) is 30.7 Å². The third-order valence-corrected chi connectivity index (χ3v) is 4.30. The zero-order chi connectivity index (χ0) is 14.1. The number of nitrogens with one attached hydrogen (secondary N) is 1. The summed E-state index contributed by atoms with van der Waals surface area (Å²) in [6.45, 7) is 11.7. The maximum Gasteiger partial charge on any atom is 0.0753 e. The third-order valence-electron chi connectivity index (χ3n) is 4.30. The van der Waals surface area contributed by atoms with Crippen molar-refractivity contribution >= 4 is 0 Å². The minimum Gasteiger partial charge on any atom is -0.394 e. The van der Waals surface area contributed by atoms with Crippen LogP contribution in [0.3, 0.4) is 0 Å². The lowest BCUT2D eigenvalue weighted by Gasteiger charge is -2.43. The van der Waals surface area contributed by atoms with E-state index in [1.165, 1.54) is 12.8 Å². The van der Waals surface area contributed by atoms with Crippen LogP contribution < -0.4 is 5.32 Å². The van der Waals surface area contributed by atoms with E-state index in [1.807, 2.05) is 0 Å². The number of morpholine rings is 1. The number of hydrogen-bond donors (Lipinski definition) is 2. The van der Waals surface area contributed by atoms with Crippen LogP contribution in [0.5, 0.6) is 0 Å². The lowest BCUT2D eigenvalue weighted by molar-refractivity contribution is -0.0984. The number of hydrogen-bond acceptors (Lipinski definition) is 4. The van der Waals surface area contributed by atoms with E-state index in [-0.39, 0.29) is 17.7 Å². The molecule has 0 amide bonds. The van der Waals surface area contributed by atoms with E-state index in [0.29, 0.717) is 12.1 Å². The van der Waals surface area contributed by atoms with Crippen molar-refractivity contribution in [3.63, 3.8) is 0 Å². The SMILES string of the molecule is CC(CC(C)(CO)NC1CC1)N1CCOC(C)(C)C1. The van der Waals surface area contributed by atoms with Gasteiger partial charge in [-0.25, -0.2) is 0 Å². The van der Waals surface area contributed by atoms with Crippen molar-refractivity contribution in [1.82, 2.24) is 10.2 Å². The second-order valence-corrected chi connectivity index (χ2v) is 7.27. The minimum atomic E-state index is -0.150. The third kappa shape index (κ3) is 4.42. The quantitative estimate of drug-likeness (QED) is 0.765. The van der Waals surface area contributed by atoms with Crippen molar-refractivity contribution in [3.8, 4) is 0 Å². The lowest BCUT2D eigenvalue weighted by atomic mass is 9.92. The molecule has 19 heavy (non-hydrogen) atoms. The molecule has 0 bridgehead atoms. The molecule has 1 heterocycles. The molecule has 112 valence electrons. The van der Waals surface area contributed by atoms with E-state index in [2.05, 4.69) is 37.9 Å². The maximum absolute atomic E-state index is 9.71. The molecule has 0 aromatic heterocycles. The van der Waals surface area contributed by atoms with Gasteiger partial charge in [-0.05, 0) is 47.0 Å². The molecule has 0 aromatic carbocycles. The Kier molecular flexibility index (Phi) is 4.56. The summed E-state index contributed by atoms with van der Waals surface area (Å²) in [4.78, 5) is 2.49. The first kappa shape index (κ1) is 15.2. The average molecular weight is 270 g/mol. The molecule has 1 saturated heterocycles. The van der Waals surface area contributed by atoms with Gasteiger partial charge in [-0.15, -0.1) is 0 Å². The van der Waals surface area contributed by atoms with Gasteiger partial charge in [-0.1, -0.05) is 0 Å². The van der Waals surface area contributed by atoms with Crippen molar-refractivity contribution < 1.29 is 9.84 Å². The molecule has 1 saturated carbocycles. The first-order valence-electron chi connectivity index (χ1n) is 7.60. The molecule has 2 atom stereocenters. The Morgan fingerprint density at radius 1 is 1.47 bits per heavy atom. The molecule has 1 aliphatic heterocycles. The van der Waals surface area contributed by atoms with Crippen molar-refractivity contribution in [1.29, 1.82) is 0 Å². The topological polar surface area (TPSA) is 44.7 Å². The Morgan fingerprint density at radius 3 is 2.68 bits per heavy atom. The van der Waals surface area contributed by atoms with Gasteiger partial charge in [0.2, 0.25) is 0 Å². The first-order valence-corrected chi connectivity index (χ1v) is 7.60. The molecule has 0 radical (unpaired) electrons. The van der Waals surface area contributed by atoms with Gasteiger partial charge in [0.1, 0.15) is 0 Å². The van der Waals surface area contributed by atoms with Crippen molar-refractivity contribution in [2.24, 2.45) is 0 Å². The molecule has 4 heteroatoms. The fraction of sp³-hybridized carbons (Fsp3) is 1.00. The summed E-state index contributed by atoms with van der Waals surface area (Å²) in [6.07, 6.45) is 3.50. The molecule has 2 unspecified atom stereocenters. The summed E-state index contributed by atoms with van der Waals surface area (Å²) >= 11 is 0. The zero-order valence-electron chi connectivity index (χ0n) is 12.9. The van der Waals surface area contributed by atoms with Crippen LogP contribution in [0.2, 0.25) is 0 Å². The van der Waals surface area contributed by atoms with Crippen LogP contribution in [0.15, 0.2) is 0 Å². The van der Waals surface area contributed by atoms with E-state index in [4.69, 9.17) is 4.74 Å². The van der Waals surface area contributed by atoms with E-state index in [9.17, 15) is 5.11 Å². The highest BCUT2D eigenvalue weighted by Crippen LogP contribution is 2.27. The smallest absolute Gasteiger partial charge is 0.0753 e. The lowest BCUT2D eigenvalue weighted by Crippen LogP contribution is -2.56. The Bertz CT molecular complexity index is 305. The maximum atomic E-state index is 9.71. The Balaban J connectivity index is 1.89. The number of aliphatic hydroxyl groups excluding tert-OH is 1. The summed E-state index contributed by atoms with van der Waals surface area (Å²) in [5, 5.41) is 13.3. The van der Waals surface area contributed by atoms with Crippen LogP contribution in [0, 0.1) is 0 Å². The minimum absolute atomic E-state index is 0.0496. The van der Waals surface area contributed by atoms with Crippen molar-refractivity contribution in [2.45, 2.75) is 70.2 Å². The molecule has 0 aromatic rings. The van der Waals surface area contributed by atoms with Gasteiger partial charge < -0.3 is 15.2 Å². The Labute approximate surface area is 117 Å². The van der Waals surface area contributed by atoms with Crippen LogP contribution in [-0.4, -0.2) is 59.5 Å². The highest BCUT2D eigenvalue weighted by atomic mass is 16.5. The first-order chi connectivity index (χ1) is 8.84. The summed E-state index contributed by atoms with van der Waals surface area (Å²) < 4.78 is 5.77. The highest BCUT2D eigenvalue weighted by molar-refractivity contribution is 4.95. The van der Waals surface area contributed by atoms with Gasteiger partial charge in [0.25, 0.3) is 0 Å². The molecule has 1 aliphatic carbocycles. The van der Waals surface area contributed by atoms with E-state index in [0.717, 1.165) is 26.1 Å². The van der Waals surface area contributed by atoms with Crippen molar-refractivity contribution in [3.05, 3.63) is 0 Å². The molecule has 2 aliphatic rings. The van der Waals surface area contributed by atoms with E-state index in [1.54, 1.807) is 0 Å². The largest absolute Gasteiger partial charge is 0.394 e. The molecule has 4 nitrogen and oxygen atoms in total. The Morgan fingerprint density at radius 2 is 2.16 bits per heavy atom. The molecule has 2 rings (SSSR count). The van der Waals surface area contributed by atoms with Crippen LogP contribution in [0.1, 0.15) is 47.0 Å². The van der Waals surface area contributed by atoms with E-state index < -0.39 is 0 Å². The fourth-order valence-corrected chi connectivity index (χ4v) is 3.10. The highest BCUT2D eigenvalue weighted by Gasteiger charge is 2.36. The van der Waals surface area contributed by atoms with E-state index >= 15 is 0 Å². The average Bonchev–Trinajstić information content (AvgIpc) is 3.11. The Hall–Kier alpha value is -0.160. The number of nitrogens with zero attached hydrogens (tertiary/aromatic N) is 1. The van der Waals surface area contributed by atoms with Gasteiger partial charge in [-0.2, -0.15) is 0 Å². The van der Waals surface area contributed by atoms with Gasteiger partial charge >= 0.3 is 0 Å². The fourth-order valence-electron chi connectivity index (χ4n) is 3.10. The second kappa shape index (κ2) is 5.68. The summed E-state index contributed by atoms with van der Waals surface area (Å²) in [7, 11) is 0. The van der Waals surface area contributed by atoms with Crippen molar-refractivity contribution in [2.75, 3.05) is 26.3 Å². The molecule has 2 N–H and O–H groups in total. The van der Waals surface area contributed by atoms with Crippen LogP contribution >= 0.6 is 0 Å². The molecule has 2 fully saturated rings. The summed E-state index contributed by atoms with van der Waals surface area (Å²) in [6, 6.07) is 1.09. The van der Waals surface area contributed by atoms with Crippen LogP contribution in [-0.2, 0) is 4.74 Å². The van der Waals surface area contributed by atoms with Gasteiger partial charge in [0.05, 0.1) is 18.8 Å². The second-order valence-electron chi connectivity index (χ2n) is 7.27. The zero-order valence-corrected chi connectivity index (χ0v) is 12.9. The standard InChI is InChI=1S/C15H30N2O2/c1-12(17-7-8-19-14(2,3)10-17)9-15(4,11-18)16-13-5-6-13/h12-13,16,18H,5-11H2,1-4H3. The number of aliphatic hydroxyl groups is 1. The predicted molar refractivity (Wildman–Crippen MR) is 77.3 cm³/mol. The normalized spacial score (nSPS) is 28.9.